The van der Waals surface area contributed by atoms with Gasteiger partial charge in [0.15, 0.2) is 6.73 Å². The number of aromatic amines is 1. The Bertz CT molecular complexity index is 5640. The van der Waals surface area contributed by atoms with Crippen LogP contribution in [0.1, 0.15) is 108 Å². The van der Waals surface area contributed by atoms with E-state index in [1.807, 2.05) is 127 Å². The summed E-state index contributed by atoms with van der Waals surface area (Å²) < 4.78 is 29.3. The zero-order valence-electron chi connectivity index (χ0n) is 65.6. The third-order valence-electron chi connectivity index (χ3n) is 21.9. The van der Waals surface area contributed by atoms with Crippen LogP contribution in [0.15, 0.2) is 234 Å². The van der Waals surface area contributed by atoms with E-state index in [4.69, 9.17) is 28.3 Å². The van der Waals surface area contributed by atoms with Crippen LogP contribution in [-0.4, -0.2) is 131 Å². The van der Waals surface area contributed by atoms with Gasteiger partial charge in [0.25, 0.3) is 17.4 Å². The molecule has 5 aliphatic rings. The highest BCUT2D eigenvalue weighted by Gasteiger charge is 2.30. The summed E-state index contributed by atoms with van der Waals surface area (Å²) in [6.45, 7) is 13.6. The highest BCUT2D eigenvalue weighted by Crippen LogP contribution is 2.39. The largest absolute Gasteiger partial charge is 0.506 e. The number of oxazole rings is 1. The Morgan fingerprint density at radius 1 is 0.670 bits per heavy atom. The lowest BCUT2D eigenvalue weighted by molar-refractivity contribution is -0.127. The smallest absolute Gasteiger partial charge is 0.267 e. The van der Waals surface area contributed by atoms with E-state index in [2.05, 4.69) is 109 Å². The predicted molar refractivity (Wildman–Crippen MR) is 453 cm³/mol. The molecule has 9 aromatic carbocycles. The van der Waals surface area contributed by atoms with Crippen LogP contribution in [0, 0.1) is 24.2 Å². The van der Waals surface area contributed by atoms with Gasteiger partial charge in [-0.15, -0.1) is 0 Å². The summed E-state index contributed by atoms with van der Waals surface area (Å²) in [5.41, 5.74) is 10.9. The number of carbonyl (C=O) groups excluding carboxylic acids is 3. The van der Waals surface area contributed by atoms with Gasteiger partial charge in [0, 0.05) is 121 Å². The van der Waals surface area contributed by atoms with Gasteiger partial charge in [0.2, 0.25) is 23.4 Å². The van der Waals surface area contributed by atoms with Crippen LogP contribution >= 0.6 is 0 Å². The number of rotatable bonds is 14. The Balaban J connectivity index is 0.000000119. The molecule has 0 atom stereocenters. The van der Waals surface area contributed by atoms with Crippen LogP contribution < -0.4 is 40.2 Å². The van der Waals surface area contributed by atoms with Crippen molar-refractivity contribution in [2.75, 3.05) is 88.0 Å². The zero-order chi connectivity index (χ0) is 79.6. The second kappa shape index (κ2) is 37.7. The minimum atomic E-state index is -0.674. The molecule has 0 bridgehead atoms. The van der Waals surface area contributed by atoms with Gasteiger partial charge in [0.05, 0.1) is 61.5 Å². The number of benzene rings is 9. The Labute approximate surface area is 669 Å². The number of morpholine rings is 1. The molecule has 1 aliphatic carbocycles. The molecule has 115 heavy (non-hydrogen) atoms. The molecular weight excluding hydrogens is 1440 g/mol. The molecule has 4 aliphatic heterocycles. The van der Waals surface area contributed by atoms with Crippen molar-refractivity contribution in [3.8, 4) is 51.8 Å². The molecule has 4 aromatic heterocycles. The van der Waals surface area contributed by atoms with Gasteiger partial charge in [0.1, 0.15) is 34.6 Å². The number of aromatic hydroxyl groups is 1. The summed E-state index contributed by atoms with van der Waals surface area (Å²) in [6, 6.07) is 73.0. The number of nitriles is 1. The Hall–Kier alpha value is -12.8. The molecule has 18 rings (SSSR count). The van der Waals surface area contributed by atoms with Gasteiger partial charge in [-0.2, -0.15) is 10.2 Å². The number of methoxy groups -OCH3 is 1. The van der Waals surface area contributed by atoms with Crippen LogP contribution in [0.2, 0.25) is 0 Å². The van der Waals surface area contributed by atoms with E-state index in [1.165, 1.54) is 63.7 Å². The maximum atomic E-state index is 13.2. The number of carbonyl (C=O) groups is 3. The number of piperidine rings is 1. The van der Waals surface area contributed by atoms with Gasteiger partial charge in [-0.05, 0) is 141 Å². The first kappa shape index (κ1) is 78.9. The van der Waals surface area contributed by atoms with Crippen molar-refractivity contribution in [2.45, 2.75) is 90.8 Å². The Morgan fingerprint density at radius 3 is 2.08 bits per heavy atom. The number of aryl methyl sites for hydroxylation is 1. The number of para-hydroxylation sites is 5. The molecule has 4 N–H and O–H groups in total. The van der Waals surface area contributed by atoms with Crippen LogP contribution in [0.4, 0.5) is 17.3 Å². The van der Waals surface area contributed by atoms with Gasteiger partial charge >= 0.3 is 0 Å². The normalized spacial score (nSPS) is 14.9. The van der Waals surface area contributed by atoms with E-state index in [9.17, 15) is 29.5 Å². The van der Waals surface area contributed by atoms with Crippen molar-refractivity contribution in [3.63, 3.8) is 0 Å². The Kier molecular flexibility index (Phi) is 25.9. The maximum Gasteiger partial charge on any atom is 0.267 e. The average molecular weight is 1540 g/mol. The van der Waals surface area contributed by atoms with E-state index in [0.717, 1.165) is 147 Å². The number of H-pyrrole nitrogens is 1. The van der Waals surface area contributed by atoms with E-state index in [1.54, 1.807) is 55.6 Å². The number of ether oxygens (including phenoxy) is 4. The molecule has 0 spiro atoms. The lowest BCUT2D eigenvalue weighted by atomic mass is 9.88. The van der Waals surface area contributed by atoms with Crippen molar-refractivity contribution in [3.05, 3.63) is 268 Å². The third-order valence-corrected chi connectivity index (χ3v) is 21.9. The number of amides is 3. The van der Waals surface area contributed by atoms with Crippen LogP contribution in [0.25, 0.3) is 66.2 Å². The maximum absolute atomic E-state index is 13.2. The van der Waals surface area contributed by atoms with E-state index < -0.39 is 11.5 Å². The van der Waals surface area contributed by atoms with Gasteiger partial charge < -0.3 is 63.4 Å². The molecule has 1 saturated carbocycles. The first-order valence-corrected chi connectivity index (χ1v) is 39.8. The Morgan fingerprint density at radius 2 is 1.34 bits per heavy atom. The molecule has 21 nitrogen and oxygen atoms in total. The number of nitrogens with one attached hydrogen (secondary N) is 3. The number of pyridine rings is 2. The highest BCUT2D eigenvalue weighted by atomic mass is 16.5. The molecule has 588 valence electrons. The van der Waals surface area contributed by atoms with Crippen molar-refractivity contribution in [2.24, 2.45) is 13.0 Å². The first-order chi connectivity index (χ1) is 56.3. The van der Waals surface area contributed by atoms with Crippen molar-refractivity contribution < 1.29 is 42.9 Å². The number of hydrogen-bond acceptors (Lipinski definition) is 16. The van der Waals surface area contributed by atoms with Gasteiger partial charge in [-0.25, -0.2) is 4.98 Å². The molecule has 21 heteroatoms. The molecular formula is C94H97N11O10. The molecule has 0 unspecified atom stereocenters. The average Bonchev–Trinajstić information content (AvgIpc) is 1.43. The molecule has 13 aromatic rings. The number of anilines is 3. The van der Waals surface area contributed by atoms with Crippen LogP contribution in [0.5, 0.6) is 23.0 Å². The minimum Gasteiger partial charge on any atom is -0.506 e. The van der Waals surface area contributed by atoms with Crippen LogP contribution in [-0.2, 0) is 29.7 Å². The summed E-state index contributed by atoms with van der Waals surface area (Å²) in [5.74, 6) is 3.22. The summed E-state index contributed by atoms with van der Waals surface area (Å²) in [7, 11) is 3.08. The lowest BCUT2D eigenvalue weighted by Crippen LogP contribution is -2.46. The summed E-state index contributed by atoms with van der Waals surface area (Å²) in [5, 5.41) is 30.7. The third kappa shape index (κ3) is 18.6. The number of nitrogens with zero attached hydrogens (tertiary/aromatic N) is 8. The van der Waals surface area contributed by atoms with Crippen molar-refractivity contribution in [1.29, 1.82) is 5.26 Å². The first-order valence-electron chi connectivity index (χ1n) is 39.8. The van der Waals surface area contributed by atoms with Crippen LogP contribution in [0.3, 0.4) is 0 Å². The summed E-state index contributed by atoms with van der Waals surface area (Å²) >= 11 is 0. The lowest BCUT2D eigenvalue weighted by Gasteiger charge is -2.33. The zero-order valence-corrected chi connectivity index (χ0v) is 65.6. The summed E-state index contributed by atoms with van der Waals surface area (Å²) in [6.07, 6.45) is 12.4. The van der Waals surface area contributed by atoms with Gasteiger partial charge in [-0.3, -0.25) is 24.1 Å². The van der Waals surface area contributed by atoms with E-state index in [-0.39, 0.29) is 23.1 Å². The second-order valence-electron chi connectivity index (χ2n) is 29.3. The standard InChI is InChI=1S/C21H29N3O.C21H20N2O.C20H19NO2.C18H16N2O4.C14H13N3O2/c25-21(16-6-2-1-3-7-16)23-18-10-12-24(13-11-18)15-17-14-22-20-9-5-4-8-19(17)20;1-15-19(21(24)23-13-7-8-14-23)17-11-5-6-12-18(17)22-20(15)16-9-3-2-4-10-16;1-2-22-20-10-6-5-9-18(20)21-13-17-16-8-4-3-7-15(16)11-12-19(17)23-14-21;1-20-14-9-4-3-8-13(14)16(21)15(18(20)23)17(22)19-11-6-5-7-12(10-11)24-2;15-10-12-14(17-6-8-18-9-7-17)19-13(16-12)11-4-2-1-3-5-11/h4-5,8-9,14,16,18,22H,1-3,6-7,10-13,15H2,(H,23,25);2-6,9-12H,7-8,13-14H2,1H3;3-12H,2,13-14H2,1H3;3-10,21H,1-2H3,(H,19,22);1-5H,6-9H2. The molecule has 3 amide bonds. The van der Waals surface area contributed by atoms with E-state index >= 15 is 0 Å². The number of fused-ring (bicyclic) bond motifs is 6. The topological polar surface area (TPSA) is 246 Å². The molecule has 4 fully saturated rings. The predicted octanol–water partition coefficient (Wildman–Crippen LogP) is 17.4. The highest BCUT2D eigenvalue weighted by molar-refractivity contribution is 6.10. The molecule has 3 saturated heterocycles. The number of likely N-dealkylation sites (tertiary alicyclic amines) is 2. The SMILES string of the molecule is CCOc1ccccc1N1COc2ccc3ccccc3c2C1.COc1cccc(NC(=O)c2c(O)c3ccccc3n(C)c2=O)c1.Cc1c(-c2ccccc2)nc2ccccc2c1C(=O)N1CCCC1.N#Cc1nc(-c2ccccc2)oc1N1CCOCC1.O=C(NC1CCN(Cc2c[nH]c3ccccc23)CC1)C1CCCCC1. The number of hydrogen-bond donors (Lipinski definition) is 4. The summed E-state index contributed by atoms with van der Waals surface area (Å²) in [4.78, 5) is 71.8. The number of aromatic nitrogens is 4. The van der Waals surface area contributed by atoms with Crippen molar-refractivity contribution in [1.82, 2.24) is 34.6 Å². The fourth-order valence-electron chi connectivity index (χ4n) is 15.8. The second-order valence-corrected chi connectivity index (χ2v) is 29.3. The fraction of sp³-hybridized carbons (Fsp3) is 0.287. The van der Waals surface area contributed by atoms with Crippen molar-refractivity contribution >= 4 is 78.5 Å². The minimum absolute atomic E-state index is 0.140. The van der Waals surface area contributed by atoms with E-state index in [0.29, 0.717) is 78.3 Å². The fourth-order valence-corrected chi connectivity index (χ4v) is 15.8. The molecule has 8 heterocycles. The monoisotopic (exact) mass is 1540 g/mol. The quantitative estimate of drug-likeness (QED) is 0.0790. The molecule has 0 radical (unpaired) electrons. The van der Waals surface area contributed by atoms with Gasteiger partial charge in [-0.1, -0.05) is 165 Å².